The number of benzene rings is 2. The van der Waals surface area contributed by atoms with Gasteiger partial charge in [-0.3, -0.25) is 4.79 Å². The second kappa shape index (κ2) is 7.14. The summed E-state index contributed by atoms with van der Waals surface area (Å²) in [5.41, 5.74) is 4.02. The lowest BCUT2D eigenvalue weighted by Crippen LogP contribution is -2.22. The maximum absolute atomic E-state index is 12.0. The van der Waals surface area contributed by atoms with Crippen LogP contribution in [0.25, 0.3) is 0 Å². The third kappa shape index (κ3) is 3.99. The van der Waals surface area contributed by atoms with Gasteiger partial charge in [-0.15, -0.1) is 0 Å². The van der Waals surface area contributed by atoms with Crippen LogP contribution in [0.15, 0.2) is 42.5 Å². The number of carbonyl (C=O) groups is 1. The fourth-order valence-electron chi connectivity index (χ4n) is 2.20. The van der Waals surface area contributed by atoms with Crippen LogP contribution in [-0.4, -0.2) is 12.5 Å². The fraction of sp³-hybridized carbons (Fsp3) is 0.235. The van der Waals surface area contributed by atoms with Crippen LogP contribution in [0.2, 0.25) is 5.02 Å². The molecule has 0 aliphatic heterocycles. The molecule has 2 aromatic carbocycles. The number of hydrogen-bond acceptors (Lipinski definition) is 2. The van der Waals surface area contributed by atoms with Crippen LogP contribution in [0, 0.1) is 6.92 Å². The monoisotopic (exact) mass is 302 g/mol. The van der Waals surface area contributed by atoms with E-state index in [4.69, 9.17) is 11.6 Å². The zero-order valence-corrected chi connectivity index (χ0v) is 13.0. The van der Waals surface area contributed by atoms with Gasteiger partial charge in [-0.05, 0) is 36.6 Å². The van der Waals surface area contributed by atoms with E-state index in [1.54, 1.807) is 12.1 Å². The van der Waals surface area contributed by atoms with Gasteiger partial charge in [-0.25, -0.2) is 0 Å². The lowest BCUT2D eigenvalue weighted by Gasteiger charge is -2.14. The average molecular weight is 303 g/mol. The van der Waals surface area contributed by atoms with Gasteiger partial charge in [0, 0.05) is 5.69 Å². The Kier molecular flexibility index (Phi) is 5.23. The lowest BCUT2D eigenvalue weighted by molar-refractivity contribution is -0.114. The van der Waals surface area contributed by atoms with Crippen molar-refractivity contribution >= 4 is 28.9 Å². The quantitative estimate of drug-likeness (QED) is 0.866. The summed E-state index contributed by atoms with van der Waals surface area (Å²) >= 11 is 6.02. The molecule has 1 amide bonds. The number of nitrogens with one attached hydrogen (secondary N) is 2. The van der Waals surface area contributed by atoms with Crippen molar-refractivity contribution in [3.63, 3.8) is 0 Å². The molecule has 0 unspecified atom stereocenters. The van der Waals surface area contributed by atoms with Crippen LogP contribution >= 0.6 is 11.6 Å². The summed E-state index contributed by atoms with van der Waals surface area (Å²) in [5, 5.41) is 6.56. The predicted octanol–water partition coefficient (Wildman–Crippen LogP) is 4.26. The Morgan fingerprint density at radius 2 is 1.90 bits per heavy atom. The summed E-state index contributed by atoms with van der Waals surface area (Å²) in [6.45, 7) is 4.35. The summed E-state index contributed by atoms with van der Waals surface area (Å²) < 4.78 is 0. The highest BCUT2D eigenvalue weighted by Crippen LogP contribution is 2.22. The fourth-order valence-corrected chi connectivity index (χ4v) is 2.38. The van der Waals surface area contributed by atoms with Gasteiger partial charge in [-0.1, -0.05) is 48.9 Å². The van der Waals surface area contributed by atoms with Crippen LogP contribution in [0.3, 0.4) is 0 Å². The molecule has 0 spiro atoms. The Balaban J connectivity index is 2.01. The van der Waals surface area contributed by atoms with Crippen molar-refractivity contribution in [1.82, 2.24) is 0 Å². The SMILES string of the molecule is CCc1cccc(C)c1NCC(=O)Nc1ccccc1Cl. The topological polar surface area (TPSA) is 41.1 Å². The molecule has 2 N–H and O–H groups in total. The van der Waals surface area contributed by atoms with E-state index in [1.165, 1.54) is 5.56 Å². The van der Waals surface area contributed by atoms with Crippen molar-refractivity contribution in [3.05, 3.63) is 58.6 Å². The molecule has 0 aliphatic rings. The van der Waals surface area contributed by atoms with Crippen molar-refractivity contribution in [2.75, 3.05) is 17.2 Å². The highest BCUT2D eigenvalue weighted by molar-refractivity contribution is 6.33. The maximum atomic E-state index is 12.0. The Labute approximate surface area is 130 Å². The minimum Gasteiger partial charge on any atom is -0.376 e. The number of halogens is 1. The van der Waals surface area contributed by atoms with Gasteiger partial charge in [0.05, 0.1) is 17.3 Å². The molecule has 110 valence electrons. The van der Waals surface area contributed by atoms with Crippen molar-refractivity contribution in [2.24, 2.45) is 0 Å². The molecule has 3 nitrogen and oxygen atoms in total. The molecule has 0 saturated heterocycles. The third-order valence-corrected chi connectivity index (χ3v) is 3.64. The van der Waals surface area contributed by atoms with Crippen LogP contribution in [0.5, 0.6) is 0 Å². The van der Waals surface area contributed by atoms with E-state index >= 15 is 0 Å². The number of para-hydroxylation sites is 2. The zero-order valence-electron chi connectivity index (χ0n) is 12.2. The minimum atomic E-state index is -0.117. The molecular weight excluding hydrogens is 284 g/mol. The predicted molar refractivity (Wildman–Crippen MR) is 89.1 cm³/mol. The Morgan fingerprint density at radius 3 is 2.62 bits per heavy atom. The van der Waals surface area contributed by atoms with Gasteiger partial charge >= 0.3 is 0 Å². The number of carbonyl (C=O) groups excluding carboxylic acids is 1. The summed E-state index contributed by atoms with van der Waals surface area (Å²) in [4.78, 5) is 12.0. The lowest BCUT2D eigenvalue weighted by atomic mass is 10.1. The van der Waals surface area contributed by atoms with E-state index in [9.17, 15) is 4.79 Å². The first kappa shape index (κ1) is 15.4. The van der Waals surface area contributed by atoms with Gasteiger partial charge in [0.15, 0.2) is 0 Å². The summed E-state index contributed by atoms with van der Waals surface area (Å²) in [6, 6.07) is 13.3. The highest BCUT2D eigenvalue weighted by atomic mass is 35.5. The number of anilines is 2. The van der Waals surface area contributed by atoms with Crippen molar-refractivity contribution in [3.8, 4) is 0 Å². The summed E-state index contributed by atoms with van der Waals surface area (Å²) in [5.74, 6) is -0.117. The van der Waals surface area contributed by atoms with E-state index in [1.807, 2.05) is 31.2 Å². The largest absolute Gasteiger partial charge is 0.376 e. The standard InChI is InChI=1S/C17H19ClN2O/c1-3-13-8-6-7-12(2)17(13)19-11-16(21)20-15-10-5-4-9-14(15)18/h4-10,19H,3,11H2,1-2H3,(H,20,21). The molecule has 0 radical (unpaired) electrons. The number of hydrogen-bond donors (Lipinski definition) is 2. The molecular formula is C17H19ClN2O. The van der Waals surface area contributed by atoms with Gasteiger partial charge in [-0.2, -0.15) is 0 Å². The molecule has 0 aromatic heterocycles. The second-order valence-corrected chi connectivity index (χ2v) is 5.25. The van der Waals surface area contributed by atoms with Crippen LogP contribution < -0.4 is 10.6 Å². The van der Waals surface area contributed by atoms with Crippen molar-refractivity contribution in [2.45, 2.75) is 20.3 Å². The highest BCUT2D eigenvalue weighted by Gasteiger charge is 2.08. The van der Waals surface area contributed by atoms with E-state index < -0.39 is 0 Å². The third-order valence-electron chi connectivity index (χ3n) is 3.31. The van der Waals surface area contributed by atoms with Gasteiger partial charge in [0.2, 0.25) is 5.91 Å². The summed E-state index contributed by atoms with van der Waals surface area (Å²) in [6.07, 6.45) is 0.927. The normalized spacial score (nSPS) is 10.2. The average Bonchev–Trinajstić information content (AvgIpc) is 2.48. The second-order valence-electron chi connectivity index (χ2n) is 4.84. The molecule has 2 rings (SSSR count). The van der Waals surface area contributed by atoms with Gasteiger partial charge in [0.1, 0.15) is 0 Å². The van der Waals surface area contributed by atoms with Gasteiger partial charge < -0.3 is 10.6 Å². The molecule has 0 atom stereocenters. The van der Waals surface area contributed by atoms with Crippen LogP contribution in [0.4, 0.5) is 11.4 Å². The Morgan fingerprint density at radius 1 is 1.14 bits per heavy atom. The Bertz CT molecular complexity index is 640. The molecule has 0 saturated carbocycles. The van der Waals surface area contributed by atoms with Crippen molar-refractivity contribution in [1.29, 1.82) is 0 Å². The van der Waals surface area contributed by atoms with E-state index in [0.717, 1.165) is 17.7 Å². The molecule has 0 bridgehead atoms. The van der Waals surface area contributed by atoms with Crippen LogP contribution in [0.1, 0.15) is 18.1 Å². The van der Waals surface area contributed by atoms with Crippen LogP contribution in [-0.2, 0) is 11.2 Å². The Hall–Kier alpha value is -2.00. The molecule has 21 heavy (non-hydrogen) atoms. The van der Waals surface area contributed by atoms with Crippen molar-refractivity contribution < 1.29 is 4.79 Å². The first-order valence-corrected chi connectivity index (χ1v) is 7.36. The zero-order chi connectivity index (χ0) is 15.2. The smallest absolute Gasteiger partial charge is 0.243 e. The molecule has 2 aromatic rings. The number of amides is 1. The van der Waals surface area contributed by atoms with E-state index in [2.05, 4.69) is 23.6 Å². The van der Waals surface area contributed by atoms with Gasteiger partial charge in [0.25, 0.3) is 0 Å². The van der Waals surface area contributed by atoms with E-state index in [-0.39, 0.29) is 12.5 Å². The maximum Gasteiger partial charge on any atom is 0.243 e. The first-order valence-electron chi connectivity index (χ1n) is 6.98. The minimum absolute atomic E-state index is 0.117. The molecule has 0 fully saturated rings. The first-order chi connectivity index (χ1) is 10.1. The van der Waals surface area contributed by atoms with E-state index in [0.29, 0.717) is 10.7 Å². The molecule has 4 heteroatoms. The molecule has 0 aliphatic carbocycles. The number of aryl methyl sites for hydroxylation is 2. The number of rotatable bonds is 5. The molecule has 0 heterocycles. The summed E-state index contributed by atoms with van der Waals surface area (Å²) in [7, 11) is 0.